The molecule has 0 bridgehead atoms. The summed E-state index contributed by atoms with van der Waals surface area (Å²) in [7, 11) is 1.94. The highest BCUT2D eigenvalue weighted by molar-refractivity contribution is 7.19. The highest BCUT2D eigenvalue weighted by atomic mass is 32.1. The third-order valence-electron chi connectivity index (χ3n) is 3.65. The molecule has 0 aliphatic rings. The van der Waals surface area contributed by atoms with E-state index >= 15 is 0 Å². The van der Waals surface area contributed by atoms with E-state index in [4.69, 9.17) is 5.10 Å². The van der Waals surface area contributed by atoms with Crippen LogP contribution in [-0.4, -0.2) is 34.6 Å². The fourth-order valence-corrected chi connectivity index (χ4v) is 3.47. The summed E-state index contributed by atoms with van der Waals surface area (Å²) in [6.07, 6.45) is 3.47. The Morgan fingerprint density at radius 2 is 1.82 bits per heavy atom. The molecule has 4 aromatic rings. The average Bonchev–Trinajstić information content (AvgIpc) is 3.14. The second-order valence-electron chi connectivity index (χ2n) is 5.03. The number of fused-ring (bicyclic) bond motifs is 1. The van der Waals surface area contributed by atoms with Gasteiger partial charge in [0.2, 0.25) is 4.96 Å². The highest BCUT2D eigenvalue weighted by Crippen LogP contribution is 2.31. The summed E-state index contributed by atoms with van der Waals surface area (Å²) in [5, 5.41) is 18.5. The zero-order valence-corrected chi connectivity index (χ0v) is 13.2. The second kappa shape index (κ2) is 4.70. The maximum atomic E-state index is 4.69. The first-order chi connectivity index (χ1) is 10.6. The molecule has 0 atom stereocenters. The largest absolute Gasteiger partial charge is 0.272 e. The van der Waals surface area contributed by atoms with E-state index < -0.39 is 0 Å². The van der Waals surface area contributed by atoms with Crippen molar-refractivity contribution in [3.8, 4) is 22.0 Å². The molecule has 0 spiro atoms. The van der Waals surface area contributed by atoms with Gasteiger partial charge in [-0.05, 0) is 26.0 Å². The molecule has 0 fully saturated rings. The van der Waals surface area contributed by atoms with E-state index in [1.165, 1.54) is 11.3 Å². The van der Waals surface area contributed by atoms with Crippen LogP contribution in [0.1, 0.15) is 11.4 Å². The zero-order chi connectivity index (χ0) is 15.3. The molecule has 0 N–H and O–H groups in total. The van der Waals surface area contributed by atoms with Crippen molar-refractivity contribution in [2.24, 2.45) is 7.05 Å². The summed E-state index contributed by atoms with van der Waals surface area (Å²) in [5.41, 5.74) is 4.07. The molecule has 4 aromatic heterocycles. The van der Waals surface area contributed by atoms with E-state index in [1.54, 1.807) is 16.9 Å². The van der Waals surface area contributed by atoms with Crippen LogP contribution >= 0.6 is 11.3 Å². The molecule has 0 aromatic carbocycles. The number of hydrogen-bond donors (Lipinski definition) is 0. The first kappa shape index (κ1) is 13.1. The zero-order valence-electron chi connectivity index (χ0n) is 12.3. The second-order valence-corrected chi connectivity index (χ2v) is 5.99. The number of aromatic nitrogens is 7. The van der Waals surface area contributed by atoms with E-state index in [9.17, 15) is 0 Å². The van der Waals surface area contributed by atoms with Gasteiger partial charge in [-0.15, -0.1) is 10.2 Å². The minimum Gasteiger partial charge on any atom is -0.272 e. The molecule has 0 saturated heterocycles. The van der Waals surface area contributed by atoms with Gasteiger partial charge < -0.3 is 0 Å². The van der Waals surface area contributed by atoms with Crippen LogP contribution < -0.4 is 0 Å². The molecular weight excluding hydrogens is 298 g/mol. The number of hydrogen-bond acceptors (Lipinski definition) is 6. The van der Waals surface area contributed by atoms with Crippen molar-refractivity contribution in [2.75, 3.05) is 0 Å². The van der Waals surface area contributed by atoms with Crippen molar-refractivity contribution < 1.29 is 0 Å². The lowest BCUT2D eigenvalue weighted by molar-refractivity contribution is 0.731. The van der Waals surface area contributed by atoms with Crippen LogP contribution in [0.5, 0.6) is 0 Å². The van der Waals surface area contributed by atoms with E-state index in [0.717, 1.165) is 38.3 Å². The number of rotatable bonds is 2. The SMILES string of the molecule is Cc1nn(C)c(C)c1-c1nn2c(-c3ccncc3)nnc2s1. The third-order valence-corrected chi connectivity index (χ3v) is 4.57. The van der Waals surface area contributed by atoms with Gasteiger partial charge >= 0.3 is 0 Å². The molecule has 7 nitrogen and oxygen atoms in total. The summed E-state index contributed by atoms with van der Waals surface area (Å²) in [6.45, 7) is 4.04. The van der Waals surface area contributed by atoms with Crippen molar-refractivity contribution in [2.45, 2.75) is 13.8 Å². The Labute approximate surface area is 130 Å². The van der Waals surface area contributed by atoms with Crippen molar-refractivity contribution in [3.05, 3.63) is 35.9 Å². The standard InChI is InChI=1S/C14H13N7S/c1-8-11(9(2)20(3)18-8)13-19-21-12(16-17-14(21)22-13)10-4-6-15-7-5-10/h4-7H,1-3H3. The van der Waals surface area contributed by atoms with Gasteiger partial charge in [0, 0.05) is 30.7 Å². The first-order valence-electron chi connectivity index (χ1n) is 6.78. The molecule has 4 heterocycles. The van der Waals surface area contributed by atoms with Crippen LogP contribution in [0.15, 0.2) is 24.5 Å². The van der Waals surface area contributed by atoms with Gasteiger partial charge in [-0.1, -0.05) is 11.3 Å². The normalized spacial score (nSPS) is 11.4. The quantitative estimate of drug-likeness (QED) is 0.568. The maximum absolute atomic E-state index is 4.69. The van der Waals surface area contributed by atoms with Crippen molar-refractivity contribution >= 4 is 16.3 Å². The van der Waals surface area contributed by atoms with E-state index in [0.29, 0.717) is 0 Å². The summed E-state index contributed by atoms with van der Waals surface area (Å²) in [5.74, 6) is 0.721. The lowest BCUT2D eigenvalue weighted by Gasteiger charge is -1.97. The Balaban J connectivity index is 1.91. The molecule has 0 unspecified atom stereocenters. The fourth-order valence-electron chi connectivity index (χ4n) is 2.48. The number of pyridine rings is 1. The van der Waals surface area contributed by atoms with Gasteiger partial charge in [0.1, 0.15) is 0 Å². The fraction of sp³-hybridized carbons (Fsp3) is 0.214. The van der Waals surface area contributed by atoms with Crippen LogP contribution in [0.4, 0.5) is 0 Å². The predicted octanol–water partition coefficient (Wildman–Crippen LogP) is 2.27. The van der Waals surface area contributed by atoms with Crippen molar-refractivity contribution in [1.82, 2.24) is 34.6 Å². The van der Waals surface area contributed by atoms with Crippen molar-refractivity contribution in [3.63, 3.8) is 0 Å². The molecule has 0 aliphatic heterocycles. The van der Waals surface area contributed by atoms with Gasteiger partial charge in [-0.2, -0.15) is 14.7 Å². The molecule has 4 rings (SSSR count). The van der Waals surface area contributed by atoms with Crippen LogP contribution in [0.25, 0.3) is 26.9 Å². The summed E-state index contributed by atoms with van der Waals surface area (Å²) < 4.78 is 3.65. The topological polar surface area (TPSA) is 73.8 Å². The Bertz CT molecular complexity index is 964. The average molecular weight is 311 g/mol. The van der Waals surface area contributed by atoms with Crippen LogP contribution in [0, 0.1) is 13.8 Å². The molecule has 110 valence electrons. The highest BCUT2D eigenvalue weighted by Gasteiger charge is 2.19. The summed E-state index contributed by atoms with van der Waals surface area (Å²) in [4.78, 5) is 4.80. The molecule has 8 heteroatoms. The Hall–Kier alpha value is -2.61. The van der Waals surface area contributed by atoms with Gasteiger partial charge in [0.15, 0.2) is 10.8 Å². The van der Waals surface area contributed by atoms with Gasteiger partial charge in [0.25, 0.3) is 0 Å². The molecule has 0 radical (unpaired) electrons. The molecular formula is C14H13N7S. The molecule has 22 heavy (non-hydrogen) atoms. The van der Waals surface area contributed by atoms with Crippen LogP contribution in [-0.2, 0) is 7.05 Å². The van der Waals surface area contributed by atoms with Gasteiger partial charge in [-0.25, -0.2) is 0 Å². The van der Waals surface area contributed by atoms with Crippen LogP contribution in [0.3, 0.4) is 0 Å². The van der Waals surface area contributed by atoms with E-state index in [1.807, 2.05) is 37.7 Å². The minimum absolute atomic E-state index is 0.721. The Morgan fingerprint density at radius 3 is 2.50 bits per heavy atom. The number of aryl methyl sites for hydroxylation is 2. The molecule has 0 amide bonds. The van der Waals surface area contributed by atoms with Gasteiger partial charge in [0.05, 0.1) is 11.3 Å². The smallest absolute Gasteiger partial charge is 0.235 e. The number of nitrogens with zero attached hydrogens (tertiary/aromatic N) is 7. The first-order valence-corrected chi connectivity index (χ1v) is 7.60. The maximum Gasteiger partial charge on any atom is 0.235 e. The lowest BCUT2D eigenvalue weighted by Crippen LogP contribution is -1.93. The molecule has 0 aliphatic carbocycles. The Morgan fingerprint density at radius 1 is 1.05 bits per heavy atom. The molecule has 0 saturated carbocycles. The summed E-state index contributed by atoms with van der Waals surface area (Å²) >= 11 is 1.52. The lowest BCUT2D eigenvalue weighted by atomic mass is 10.2. The minimum atomic E-state index is 0.721. The van der Waals surface area contributed by atoms with E-state index in [2.05, 4.69) is 20.3 Å². The summed E-state index contributed by atoms with van der Waals surface area (Å²) in [6, 6.07) is 3.80. The third kappa shape index (κ3) is 1.84. The van der Waals surface area contributed by atoms with Crippen LogP contribution in [0.2, 0.25) is 0 Å². The predicted molar refractivity (Wildman–Crippen MR) is 83.6 cm³/mol. The Kier molecular flexibility index (Phi) is 2.80. The van der Waals surface area contributed by atoms with Gasteiger partial charge in [-0.3, -0.25) is 9.67 Å². The van der Waals surface area contributed by atoms with Crippen molar-refractivity contribution in [1.29, 1.82) is 0 Å². The van der Waals surface area contributed by atoms with E-state index in [-0.39, 0.29) is 0 Å². The monoisotopic (exact) mass is 311 g/mol.